The van der Waals surface area contributed by atoms with Gasteiger partial charge in [-0.15, -0.1) is 10.2 Å². The van der Waals surface area contributed by atoms with Gasteiger partial charge in [-0.2, -0.15) is 0 Å². The summed E-state index contributed by atoms with van der Waals surface area (Å²) in [4.78, 5) is 14.3. The molecule has 0 unspecified atom stereocenters. The van der Waals surface area contributed by atoms with Crippen molar-refractivity contribution in [1.29, 1.82) is 0 Å². The van der Waals surface area contributed by atoms with Crippen molar-refractivity contribution in [3.05, 3.63) is 58.8 Å². The van der Waals surface area contributed by atoms with Crippen LogP contribution < -0.4 is 0 Å². The van der Waals surface area contributed by atoms with Gasteiger partial charge in [0.05, 0.1) is 4.92 Å². The second kappa shape index (κ2) is 6.57. The maximum absolute atomic E-state index is 10.7. The van der Waals surface area contributed by atoms with Gasteiger partial charge in [0.1, 0.15) is 11.2 Å². The molecule has 8 heteroatoms. The van der Waals surface area contributed by atoms with Gasteiger partial charge in [-0.1, -0.05) is 30.3 Å². The summed E-state index contributed by atoms with van der Waals surface area (Å²) in [7, 11) is 0. The first-order chi connectivity index (χ1) is 11.2. The lowest BCUT2D eigenvalue weighted by Gasteiger charge is -2.06. The first-order valence-electron chi connectivity index (χ1n) is 6.96. The number of nitrogens with zero attached hydrogens (tertiary/aromatic N) is 5. The van der Waals surface area contributed by atoms with E-state index >= 15 is 0 Å². The molecule has 3 rings (SSSR count). The van der Waals surface area contributed by atoms with Crippen LogP contribution in [0.4, 0.5) is 5.69 Å². The summed E-state index contributed by atoms with van der Waals surface area (Å²) >= 11 is 1.33. The van der Waals surface area contributed by atoms with Gasteiger partial charge in [0.15, 0.2) is 11.0 Å². The summed E-state index contributed by atoms with van der Waals surface area (Å²) in [5, 5.41) is 20.5. The summed E-state index contributed by atoms with van der Waals surface area (Å²) in [5.41, 5.74) is 0.960. The summed E-state index contributed by atoms with van der Waals surface area (Å²) in [6.45, 7) is 2.73. The quantitative estimate of drug-likeness (QED) is 0.527. The summed E-state index contributed by atoms with van der Waals surface area (Å²) in [6, 6.07) is 12.9. The first kappa shape index (κ1) is 15.2. The van der Waals surface area contributed by atoms with E-state index in [0.717, 1.165) is 11.4 Å². The van der Waals surface area contributed by atoms with E-state index < -0.39 is 4.92 Å². The Hall–Kier alpha value is -2.74. The number of nitro groups is 1. The standard InChI is InChI=1S/C15H13N5O2S/c1-2-19-14(11-6-4-3-5-7-11)17-18-15(19)23-13-9-8-12(10-16-13)20(21)22/h3-10H,2H2,1H3. The molecule has 23 heavy (non-hydrogen) atoms. The zero-order chi connectivity index (χ0) is 16.2. The zero-order valence-electron chi connectivity index (χ0n) is 12.3. The molecule has 116 valence electrons. The minimum Gasteiger partial charge on any atom is -0.302 e. The van der Waals surface area contributed by atoms with E-state index in [-0.39, 0.29) is 5.69 Å². The third kappa shape index (κ3) is 3.21. The molecule has 0 aliphatic rings. The highest BCUT2D eigenvalue weighted by Gasteiger charge is 2.14. The van der Waals surface area contributed by atoms with Gasteiger partial charge < -0.3 is 4.57 Å². The maximum Gasteiger partial charge on any atom is 0.287 e. The fourth-order valence-corrected chi connectivity index (χ4v) is 2.92. The van der Waals surface area contributed by atoms with Gasteiger partial charge in [-0.05, 0) is 24.8 Å². The summed E-state index contributed by atoms with van der Waals surface area (Å²) in [6.07, 6.45) is 1.24. The van der Waals surface area contributed by atoms with Crippen molar-refractivity contribution in [1.82, 2.24) is 19.7 Å². The van der Waals surface area contributed by atoms with E-state index in [1.165, 1.54) is 24.0 Å². The Morgan fingerprint density at radius 1 is 1.17 bits per heavy atom. The predicted molar refractivity (Wildman–Crippen MR) is 86.1 cm³/mol. The Kier molecular flexibility index (Phi) is 4.33. The minimum atomic E-state index is -0.469. The number of aromatic nitrogens is 4. The van der Waals surface area contributed by atoms with E-state index in [1.807, 2.05) is 41.8 Å². The molecule has 1 aromatic carbocycles. The topological polar surface area (TPSA) is 86.7 Å². The Morgan fingerprint density at radius 3 is 2.57 bits per heavy atom. The zero-order valence-corrected chi connectivity index (χ0v) is 13.1. The number of hydrogen-bond acceptors (Lipinski definition) is 6. The van der Waals surface area contributed by atoms with Gasteiger partial charge in [0.25, 0.3) is 5.69 Å². The molecule has 0 saturated heterocycles. The van der Waals surface area contributed by atoms with E-state index in [4.69, 9.17) is 0 Å². The second-order valence-corrected chi connectivity index (χ2v) is 5.62. The molecule has 0 saturated carbocycles. The van der Waals surface area contributed by atoms with Crippen LogP contribution in [0.2, 0.25) is 0 Å². The SMILES string of the molecule is CCn1c(Sc2ccc([N+](=O)[O-])cn2)nnc1-c1ccccc1. The Labute approximate surface area is 136 Å². The largest absolute Gasteiger partial charge is 0.302 e. The Bertz CT molecular complexity index is 818. The van der Waals surface area contributed by atoms with Crippen LogP contribution in [0.3, 0.4) is 0 Å². The summed E-state index contributed by atoms with van der Waals surface area (Å²) in [5.74, 6) is 0.789. The van der Waals surface area contributed by atoms with E-state index in [0.29, 0.717) is 16.7 Å². The van der Waals surface area contributed by atoms with Crippen molar-refractivity contribution in [2.45, 2.75) is 23.7 Å². The van der Waals surface area contributed by atoms with Crippen LogP contribution in [0.1, 0.15) is 6.92 Å². The van der Waals surface area contributed by atoms with Gasteiger partial charge in [0, 0.05) is 18.2 Å². The molecule has 0 atom stereocenters. The van der Waals surface area contributed by atoms with Crippen LogP contribution in [0, 0.1) is 10.1 Å². The van der Waals surface area contributed by atoms with Crippen molar-refractivity contribution < 1.29 is 4.92 Å². The molecule has 2 aromatic heterocycles. The molecule has 0 aliphatic heterocycles. The van der Waals surface area contributed by atoms with Gasteiger partial charge in [-0.3, -0.25) is 10.1 Å². The van der Waals surface area contributed by atoms with Gasteiger partial charge >= 0.3 is 0 Å². The van der Waals surface area contributed by atoms with E-state index in [1.54, 1.807) is 6.07 Å². The number of rotatable bonds is 5. The van der Waals surface area contributed by atoms with Crippen molar-refractivity contribution in [2.75, 3.05) is 0 Å². The molecule has 0 fully saturated rings. The highest BCUT2D eigenvalue weighted by molar-refractivity contribution is 7.99. The van der Waals surface area contributed by atoms with Crippen LogP contribution in [0.15, 0.2) is 58.8 Å². The molecule has 0 N–H and O–H groups in total. The smallest absolute Gasteiger partial charge is 0.287 e. The van der Waals surface area contributed by atoms with E-state index in [9.17, 15) is 10.1 Å². The third-order valence-corrected chi connectivity index (χ3v) is 4.13. The predicted octanol–water partition coefficient (Wildman–Crippen LogP) is 3.42. The van der Waals surface area contributed by atoms with Crippen LogP contribution in [0.25, 0.3) is 11.4 Å². The molecular formula is C15H13N5O2S. The Balaban J connectivity index is 1.89. The van der Waals surface area contributed by atoms with E-state index in [2.05, 4.69) is 15.2 Å². The van der Waals surface area contributed by atoms with Crippen molar-refractivity contribution >= 4 is 17.4 Å². The molecule has 0 bridgehead atoms. The lowest BCUT2D eigenvalue weighted by atomic mass is 10.2. The fraction of sp³-hybridized carbons (Fsp3) is 0.133. The normalized spacial score (nSPS) is 10.7. The second-order valence-electron chi connectivity index (χ2n) is 4.63. The van der Waals surface area contributed by atoms with Crippen molar-refractivity contribution in [2.24, 2.45) is 0 Å². The molecule has 3 aromatic rings. The summed E-state index contributed by atoms with van der Waals surface area (Å²) < 4.78 is 1.99. The van der Waals surface area contributed by atoms with Gasteiger partial charge in [-0.25, -0.2) is 4.98 Å². The molecule has 7 nitrogen and oxygen atoms in total. The Morgan fingerprint density at radius 2 is 1.96 bits per heavy atom. The number of hydrogen-bond donors (Lipinski definition) is 0. The molecule has 0 amide bonds. The lowest BCUT2D eigenvalue weighted by Crippen LogP contribution is -1.99. The highest BCUT2D eigenvalue weighted by atomic mass is 32.2. The molecule has 0 spiro atoms. The molecular weight excluding hydrogens is 314 g/mol. The minimum absolute atomic E-state index is 0.0312. The van der Waals surface area contributed by atoms with Crippen LogP contribution in [-0.2, 0) is 6.54 Å². The van der Waals surface area contributed by atoms with Crippen LogP contribution in [-0.4, -0.2) is 24.7 Å². The monoisotopic (exact) mass is 327 g/mol. The molecule has 0 aliphatic carbocycles. The maximum atomic E-state index is 10.7. The van der Waals surface area contributed by atoms with Crippen LogP contribution in [0.5, 0.6) is 0 Å². The lowest BCUT2D eigenvalue weighted by molar-refractivity contribution is -0.385. The van der Waals surface area contributed by atoms with Crippen LogP contribution >= 0.6 is 11.8 Å². The third-order valence-electron chi connectivity index (χ3n) is 3.19. The molecule has 2 heterocycles. The highest BCUT2D eigenvalue weighted by Crippen LogP contribution is 2.28. The van der Waals surface area contributed by atoms with Gasteiger partial charge in [0.2, 0.25) is 0 Å². The average molecular weight is 327 g/mol. The van der Waals surface area contributed by atoms with Crippen molar-refractivity contribution in [3.8, 4) is 11.4 Å². The number of pyridine rings is 1. The van der Waals surface area contributed by atoms with Crippen molar-refractivity contribution in [3.63, 3.8) is 0 Å². The first-order valence-corrected chi connectivity index (χ1v) is 7.77. The molecule has 0 radical (unpaired) electrons. The number of benzene rings is 1. The fourth-order valence-electron chi connectivity index (χ4n) is 2.08. The average Bonchev–Trinajstić information content (AvgIpc) is 2.98.